The molecule has 0 radical (unpaired) electrons. The van der Waals surface area contributed by atoms with Gasteiger partial charge in [-0.1, -0.05) is 72.3 Å². The van der Waals surface area contributed by atoms with Crippen LogP contribution in [-0.2, 0) is 80.6 Å². The van der Waals surface area contributed by atoms with Crippen molar-refractivity contribution in [3.63, 3.8) is 0 Å². The van der Waals surface area contributed by atoms with E-state index in [1.807, 2.05) is 0 Å². The van der Waals surface area contributed by atoms with Gasteiger partial charge >= 0.3 is 11.9 Å². The van der Waals surface area contributed by atoms with Gasteiger partial charge in [0.05, 0.1) is 62.9 Å². The lowest BCUT2D eigenvalue weighted by molar-refractivity contribution is -0.379. The number of rotatable bonds is 22. The molecule has 0 aromatic heterocycles. The van der Waals surface area contributed by atoms with Crippen molar-refractivity contribution in [2.75, 3.05) is 39.6 Å². The van der Waals surface area contributed by atoms with Crippen LogP contribution < -0.4 is 0 Å². The molecule has 15 unspecified atom stereocenters. The third kappa shape index (κ3) is 17.0. The second-order valence-electron chi connectivity index (χ2n) is 36.3. The standard InChI is InChI=1S/C78H124O35/c1-12-74(8,98)19-13-14-33(2)63(96)108-60-50(88)41(27-79)105-70(62(60)112-67-56(94)52(90)58(34(3)104-67)109-66-57(95)59(40(83)31-101-66)110-64-53(91)46(84)37(80)28-99-64)113-71(97)78-24-22-72(4,5)26-36(78)35-15-16-44-75(9)20-18-45(73(6,7)43(75)17-21-77(44,11)76(35,10)23-25-78)107-68-55(93)51(89)49(87)42(106-68)32-103-69-61(48(86)39(82)30-102-69)111-65-54(92)47(85)38(81)29-100-65/h12,14-15,34,36-62,64-70,79-95,98H,1,13,16-32H2,2-11H3/t34?,36?,37-,38-,39+,40-,41-,42-,43?,44?,45+,46+,47+,48+,49-,50-,51+,52?,53-,54-,55-,56?,57-,58?,59+,60+,61-,62-,64?,65?,66?,67?,68?,69?,70?,74?,75+,76-,77-,78+/m1/s1. The van der Waals surface area contributed by atoms with Gasteiger partial charge in [-0.15, -0.1) is 6.58 Å². The summed E-state index contributed by atoms with van der Waals surface area (Å²) < 4.78 is 90.4. The average Bonchev–Trinajstić information content (AvgIpc) is 0.674. The van der Waals surface area contributed by atoms with Crippen molar-refractivity contribution in [1.82, 2.24) is 0 Å². The zero-order chi connectivity index (χ0) is 82.5. The van der Waals surface area contributed by atoms with E-state index in [1.165, 1.54) is 26.0 Å². The van der Waals surface area contributed by atoms with Crippen molar-refractivity contribution < 1.29 is 173 Å². The number of ether oxygens (including phenoxy) is 15. The van der Waals surface area contributed by atoms with Crippen molar-refractivity contribution in [3.8, 4) is 0 Å². The average molecular weight is 1620 g/mol. The molecule has 35 nitrogen and oxygen atoms in total. The highest BCUT2D eigenvalue weighted by Gasteiger charge is 2.71. The molecule has 0 amide bonds. The Balaban J connectivity index is 0.765. The fraction of sp³-hybridized carbons (Fsp3) is 0.897. The highest BCUT2D eigenvalue weighted by Crippen LogP contribution is 2.76. The number of carbonyl (C=O) groups is 2. The summed E-state index contributed by atoms with van der Waals surface area (Å²) in [6, 6.07) is 0. The van der Waals surface area contributed by atoms with E-state index in [-0.39, 0.29) is 46.5 Å². The first-order chi connectivity index (χ1) is 53.0. The molecule has 35 heteroatoms. The molecule has 7 saturated heterocycles. The van der Waals surface area contributed by atoms with E-state index in [0.29, 0.717) is 51.4 Å². The lowest BCUT2D eigenvalue weighted by Gasteiger charge is -2.71. The quantitative estimate of drug-likeness (QED) is 0.0226. The fourth-order valence-corrected chi connectivity index (χ4v) is 20.8. The maximum atomic E-state index is 16.1. The molecule has 0 aromatic rings. The first kappa shape index (κ1) is 89.2. The molecule has 12 rings (SSSR count). The molecule has 646 valence electrons. The number of hydrogen-bond donors (Lipinski definition) is 18. The van der Waals surface area contributed by atoms with Crippen molar-refractivity contribution in [2.24, 2.45) is 50.2 Å². The number of aliphatic hydroxyl groups excluding tert-OH is 17. The summed E-state index contributed by atoms with van der Waals surface area (Å²) in [5.74, 6) is -1.96. The van der Waals surface area contributed by atoms with E-state index in [1.54, 1.807) is 6.92 Å². The van der Waals surface area contributed by atoms with Crippen molar-refractivity contribution in [3.05, 3.63) is 36.0 Å². The van der Waals surface area contributed by atoms with Crippen molar-refractivity contribution >= 4 is 11.9 Å². The number of carbonyl (C=O) groups excluding carboxylic acids is 2. The van der Waals surface area contributed by atoms with E-state index in [4.69, 9.17) is 71.1 Å². The molecule has 0 bridgehead atoms. The van der Waals surface area contributed by atoms with Crippen LogP contribution in [0.15, 0.2) is 36.0 Å². The van der Waals surface area contributed by atoms with Crippen LogP contribution in [0.1, 0.15) is 146 Å². The summed E-state index contributed by atoms with van der Waals surface area (Å²) in [5, 5.41) is 198. The Bertz CT molecular complexity index is 3330. The largest absolute Gasteiger partial charge is 0.453 e. The van der Waals surface area contributed by atoms with E-state index in [0.717, 1.165) is 18.4 Å². The van der Waals surface area contributed by atoms with Gasteiger partial charge in [0.2, 0.25) is 6.29 Å². The zero-order valence-corrected chi connectivity index (χ0v) is 65.9. The van der Waals surface area contributed by atoms with Crippen LogP contribution in [0.4, 0.5) is 0 Å². The molecule has 0 spiro atoms. The number of hydrogen-bond acceptors (Lipinski definition) is 35. The van der Waals surface area contributed by atoms with Crippen LogP contribution in [0.5, 0.6) is 0 Å². The van der Waals surface area contributed by atoms with Gasteiger partial charge in [0.15, 0.2) is 49.9 Å². The third-order valence-electron chi connectivity index (χ3n) is 28.2. The SMILES string of the molecule is C=CC(C)(O)CCC=C(C)C(=O)O[C@H]1[C@H](O)[C@@H](CO)OC(OC(=O)[C@]23CCC(C)(C)CC2C2=CCC4[C@@]5(C)CC[C@H](OC6O[C@H](COC7OC[C@H](O)[C@H](O)[C@H]7OC7OC[C@@H](O)[C@H](O)[C@H]7O)[C@@H](O)[C@H](O)[C@H]6O)C(C)(C)C5CC[C@@]4(C)[C@]2(C)CC3)[C@@H]1OC1OC(C)C(OC2OC[C@@H](O)[C@H](OC3OC[C@@H](O)[C@H](O)[C@H]3O)[C@H]2O)C(O)C1O. The zero-order valence-electron chi connectivity index (χ0n) is 65.9. The fourth-order valence-electron chi connectivity index (χ4n) is 20.8. The van der Waals surface area contributed by atoms with Gasteiger partial charge in [-0.05, 0) is 143 Å². The Morgan fingerprint density at radius 3 is 1.73 bits per heavy atom. The third-order valence-corrected chi connectivity index (χ3v) is 28.2. The smallest absolute Gasteiger partial charge is 0.333 e. The second-order valence-corrected chi connectivity index (χ2v) is 36.3. The predicted molar refractivity (Wildman–Crippen MR) is 383 cm³/mol. The van der Waals surface area contributed by atoms with E-state index in [9.17, 15) is 96.7 Å². The summed E-state index contributed by atoms with van der Waals surface area (Å²) >= 11 is 0. The predicted octanol–water partition coefficient (Wildman–Crippen LogP) is -2.76. The Labute approximate surface area is 656 Å². The number of allylic oxidation sites excluding steroid dienone is 3. The Morgan fingerprint density at radius 2 is 1.09 bits per heavy atom. The molecule has 5 aliphatic carbocycles. The van der Waals surface area contributed by atoms with Crippen molar-refractivity contribution in [2.45, 2.75) is 349 Å². The van der Waals surface area contributed by atoms with Gasteiger partial charge in [-0.2, -0.15) is 0 Å². The molecule has 11 fully saturated rings. The van der Waals surface area contributed by atoms with Gasteiger partial charge in [0, 0.05) is 5.57 Å². The number of aliphatic hydroxyl groups is 18. The van der Waals surface area contributed by atoms with Gasteiger partial charge in [-0.25, -0.2) is 4.79 Å². The molecule has 4 saturated carbocycles. The van der Waals surface area contributed by atoms with Crippen LogP contribution in [0.25, 0.3) is 0 Å². The summed E-state index contributed by atoms with van der Waals surface area (Å²) in [5.41, 5.74) is -3.37. The van der Waals surface area contributed by atoms with E-state index in [2.05, 4.69) is 61.1 Å². The molecule has 7 aliphatic heterocycles. The minimum Gasteiger partial charge on any atom is -0.453 e. The van der Waals surface area contributed by atoms with Crippen LogP contribution in [-0.4, -0.2) is 346 Å². The number of fused-ring (bicyclic) bond motifs is 7. The molecule has 40 atom stereocenters. The van der Waals surface area contributed by atoms with Gasteiger partial charge < -0.3 is 163 Å². The second kappa shape index (κ2) is 34.4. The van der Waals surface area contributed by atoms with E-state index < -0.39 is 276 Å². The maximum absolute atomic E-state index is 16.1. The van der Waals surface area contributed by atoms with Crippen molar-refractivity contribution in [1.29, 1.82) is 0 Å². The lowest BCUT2D eigenvalue weighted by atomic mass is 9.33. The molecular weight excluding hydrogens is 1500 g/mol. The van der Waals surface area contributed by atoms with Gasteiger partial charge in [-0.3, -0.25) is 4.79 Å². The van der Waals surface area contributed by atoms with E-state index >= 15 is 4.79 Å². The molecule has 113 heavy (non-hydrogen) atoms. The molecule has 12 aliphatic rings. The Hall–Kier alpha value is -3.08. The summed E-state index contributed by atoms with van der Waals surface area (Å²) in [4.78, 5) is 30.4. The highest BCUT2D eigenvalue weighted by molar-refractivity contribution is 5.88. The monoisotopic (exact) mass is 1620 g/mol. The van der Waals surface area contributed by atoms with Crippen LogP contribution in [0, 0.1) is 50.2 Å². The lowest BCUT2D eigenvalue weighted by Crippen LogP contribution is -2.67. The first-order valence-electron chi connectivity index (χ1n) is 40.0. The minimum atomic E-state index is -2.09. The van der Waals surface area contributed by atoms with Crippen LogP contribution >= 0.6 is 0 Å². The normalized spacial score (nSPS) is 50.6. The summed E-state index contributed by atoms with van der Waals surface area (Å²) in [6.45, 7) is 20.5. The van der Waals surface area contributed by atoms with Gasteiger partial charge in [0.1, 0.15) is 128 Å². The summed E-state index contributed by atoms with van der Waals surface area (Å²) in [6.07, 6.45) is -41.2. The highest BCUT2D eigenvalue weighted by atomic mass is 16.8. The Kier molecular flexibility index (Phi) is 27.2. The maximum Gasteiger partial charge on any atom is 0.333 e. The number of esters is 2. The van der Waals surface area contributed by atoms with Gasteiger partial charge in [0.25, 0.3) is 0 Å². The molecule has 0 aromatic carbocycles. The molecule has 7 heterocycles. The molecular formula is C78H124O35. The first-order valence-corrected chi connectivity index (χ1v) is 40.0. The Morgan fingerprint density at radius 1 is 0.540 bits per heavy atom. The minimum absolute atomic E-state index is 0.0263. The van der Waals surface area contributed by atoms with Crippen LogP contribution in [0.3, 0.4) is 0 Å². The topological polar surface area (TPSA) is 537 Å². The molecule has 18 N–H and O–H groups in total. The van der Waals surface area contributed by atoms with Crippen LogP contribution in [0.2, 0.25) is 0 Å². The summed E-state index contributed by atoms with van der Waals surface area (Å²) in [7, 11) is 0.